The first-order valence-corrected chi connectivity index (χ1v) is 6.87. The van der Waals surface area contributed by atoms with Gasteiger partial charge in [0.1, 0.15) is 0 Å². The maximum Gasteiger partial charge on any atom is 0.358 e. The molecule has 0 spiro atoms. The minimum Gasteiger partial charge on any atom is -0.461 e. The molecule has 6 nitrogen and oxygen atoms in total. The molecule has 1 rings (SSSR count). The van der Waals surface area contributed by atoms with Crippen LogP contribution in [0, 0.1) is 6.92 Å². The molecule has 0 bridgehead atoms. The molecule has 0 saturated heterocycles. The average molecular weight is 288 g/mol. The summed E-state index contributed by atoms with van der Waals surface area (Å²) in [5, 5.41) is 0.683. The Bertz CT molecular complexity index is 418. The number of nitrogens with one attached hydrogen (secondary N) is 1. The van der Waals surface area contributed by atoms with E-state index in [1.54, 1.807) is 28.1 Å². The van der Waals surface area contributed by atoms with Gasteiger partial charge in [-0.15, -0.1) is 0 Å². The SMILES string of the molecule is CCOC(=O)c1nc(S[C@H](C)C(OC)OC)[nH]c1C. The summed E-state index contributed by atoms with van der Waals surface area (Å²) in [5.41, 5.74) is 1.02. The number of methoxy groups -OCH3 is 2. The second-order valence-electron chi connectivity index (χ2n) is 3.90. The summed E-state index contributed by atoms with van der Waals surface area (Å²) in [7, 11) is 3.17. The highest BCUT2D eigenvalue weighted by atomic mass is 32.2. The molecule has 0 aromatic carbocycles. The van der Waals surface area contributed by atoms with Gasteiger partial charge >= 0.3 is 5.97 Å². The van der Waals surface area contributed by atoms with Crippen LogP contribution >= 0.6 is 11.8 Å². The van der Waals surface area contributed by atoms with Crippen molar-refractivity contribution in [2.45, 2.75) is 37.5 Å². The van der Waals surface area contributed by atoms with Crippen molar-refractivity contribution in [1.29, 1.82) is 0 Å². The van der Waals surface area contributed by atoms with Crippen LogP contribution in [0.1, 0.15) is 30.0 Å². The Morgan fingerprint density at radius 1 is 1.42 bits per heavy atom. The van der Waals surface area contributed by atoms with E-state index < -0.39 is 5.97 Å². The van der Waals surface area contributed by atoms with Gasteiger partial charge in [0.25, 0.3) is 0 Å². The number of aromatic nitrogens is 2. The van der Waals surface area contributed by atoms with E-state index in [2.05, 4.69) is 9.97 Å². The van der Waals surface area contributed by atoms with Gasteiger partial charge < -0.3 is 19.2 Å². The minimum atomic E-state index is -0.411. The molecule has 0 amide bonds. The predicted octanol–water partition coefficient (Wildman–Crippen LogP) is 1.99. The molecule has 0 aliphatic rings. The number of hydrogen-bond acceptors (Lipinski definition) is 6. The largest absolute Gasteiger partial charge is 0.461 e. The van der Waals surface area contributed by atoms with Crippen LogP contribution in [-0.4, -0.2) is 48.3 Å². The first kappa shape index (κ1) is 16.0. The summed E-state index contributed by atoms with van der Waals surface area (Å²) in [6.07, 6.45) is -0.332. The number of H-pyrrole nitrogens is 1. The number of aryl methyl sites for hydroxylation is 1. The lowest BCUT2D eigenvalue weighted by Crippen LogP contribution is -2.24. The average Bonchev–Trinajstić information content (AvgIpc) is 2.72. The third-order valence-corrected chi connectivity index (χ3v) is 3.49. The van der Waals surface area contributed by atoms with E-state index in [0.29, 0.717) is 23.2 Å². The zero-order chi connectivity index (χ0) is 14.4. The molecule has 1 aromatic rings. The number of rotatable bonds is 7. The molecule has 0 fully saturated rings. The van der Waals surface area contributed by atoms with E-state index in [4.69, 9.17) is 14.2 Å². The number of carbonyl (C=O) groups is 1. The molecule has 0 aliphatic carbocycles. The topological polar surface area (TPSA) is 73.4 Å². The zero-order valence-corrected chi connectivity index (χ0v) is 12.7. The van der Waals surface area contributed by atoms with Gasteiger partial charge in [0.05, 0.1) is 11.9 Å². The van der Waals surface area contributed by atoms with Crippen molar-refractivity contribution < 1.29 is 19.0 Å². The first-order valence-electron chi connectivity index (χ1n) is 5.99. The summed E-state index contributed by atoms with van der Waals surface area (Å²) >= 11 is 1.45. The van der Waals surface area contributed by atoms with Crippen molar-refractivity contribution in [3.8, 4) is 0 Å². The van der Waals surface area contributed by atoms with Crippen molar-refractivity contribution in [3.05, 3.63) is 11.4 Å². The molecule has 0 aliphatic heterocycles. The van der Waals surface area contributed by atoms with Crippen LogP contribution < -0.4 is 0 Å². The van der Waals surface area contributed by atoms with Crippen LogP contribution in [0.5, 0.6) is 0 Å². The maximum absolute atomic E-state index is 11.6. The van der Waals surface area contributed by atoms with Gasteiger partial charge in [0, 0.05) is 19.9 Å². The van der Waals surface area contributed by atoms with E-state index >= 15 is 0 Å². The quantitative estimate of drug-likeness (QED) is 0.470. The first-order chi connectivity index (χ1) is 9.03. The van der Waals surface area contributed by atoms with E-state index in [1.165, 1.54) is 11.8 Å². The fourth-order valence-electron chi connectivity index (χ4n) is 1.60. The molecular formula is C12H20N2O4S. The summed E-state index contributed by atoms with van der Waals surface area (Å²) in [4.78, 5) is 18.9. The Labute approximate surface area is 117 Å². The third-order valence-electron chi connectivity index (χ3n) is 2.48. The lowest BCUT2D eigenvalue weighted by atomic mass is 10.3. The van der Waals surface area contributed by atoms with Crippen LogP contribution in [0.15, 0.2) is 5.16 Å². The van der Waals surface area contributed by atoms with Gasteiger partial charge in [-0.2, -0.15) is 0 Å². The Morgan fingerprint density at radius 3 is 2.58 bits per heavy atom. The number of ether oxygens (including phenoxy) is 3. The van der Waals surface area contributed by atoms with E-state index in [-0.39, 0.29) is 11.5 Å². The number of imidazole rings is 1. The standard InChI is InChI=1S/C12H20N2O4S/c1-6-18-10(15)9-7(2)13-12(14-9)19-8(3)11(16-4)17-5/h8,11H,6H2,1-5H3,(H,13,14)/t8-/m1/s1. The number of nitrogens with zero attached hydrogens (tertiary/aromatic N) is 1. The van der Waals surface area contributed by atoms with Crippen molar-refractivity contribution in [2.75, 3.05) is 20.8 Å². The molecule has 1 N–H and O–H groups in total. The summed E-state index contributed by atoms with van der Waals surface area (Å²) in [5.74, 6) is -0.411. The zero-order valence-electron chi connectivity index (χ0n) is 11.9. The predicted molar refractivity (Wildman–Crippen MR) is 72.4 cm³/mol. The van der Waals surface area contributed by atoms with Crippen LogP contribution in [0.4, 0.5) is 0 Å². The number of thioether (sulfide) groups is 1. The van der Waals surface area contributed by atoms with Crippen LogP contribution in [0.3, 0.4) is 0 Å². The van der Waals surface area contributed by atoms with Crippen molar-refractivity contribution in [3.63, 3.8) is 0 Å². The smallest absolute Gasteiger partial charge is 0.358 e. The van der Waals surface area contributed by atoms with Crippen molar-refractivity contribution in [2.24, 2.45) is 0 Å². The second-order valence-corrected chi connectivity index (χ2v) is 5.26. The number of esters is 1. The Morgan fingerprint density at radius 2 is 2.05 bits per heavy atom. The lowest BCUT2D eigenvalue weighted by Gasteiger charge is -2.19. The van der Waals surface area contributed by atoms with E-state index in [0.717, 1.165) is 0 Å². The van der Waals surface area contributed by atoms with Crippen LogP contribution in [0.25, 0.3) is 0 Å². The van der Waals surface area contributed by atoms with Gasteiger partial charge in [-0.25, -0.2) is 9.78 Å². The highest BCUT2D eigenvalue weighted by molar-refractivity contribution is 7.99. The number of aromatic amines is 1. The van der Waals surface area contributed by atoms with Gasteiger partial charge in [-0.3, -0.25) is 0 Å². The fourth-order valence-corrected chi connectivity index (χ4v) is 2.64. The van der Waals surface area contributed by atoms with Gasteiger partial charge in [-0.05, 0) is 20.8 Å². The lowest BCUT2D eigenvalue weighted by molar-refractivity contribution is -0.0988. The van der Waals surface area contributed by atoms with Crippen LogP contribution in [-0.2, 0) is 14.2 Å². The molecule has 108 valence electrons. The summed E-state index contributed by atoms with van der Waals surface area (Å²) in [6.45, 7) is 5.85. The monoisotopic (exact) mass is 288 g/mol. The minimum absolute atomic E-state index is 0.0376. The molecule has 0 radical (unpaired) electrons. The van der Waals surface area contributed by atoms with Gasteiger partial charge in [0.2, 0.25) is 0 Å². The van der Waals surface area contributed by atoms with E-state index in [9.17, 15) is 4.79 Å². The Kier molecular flexibility index (Phi) is 6.33. The molecule has 1 atom stereocenters. The molecule has 0 unspecified atom stereocenters. The Hall–Kier alpha value is -1.05. The van der Waals surface area contributed by atoms with Crippen LogP contribution in [0.2, 0.25) is 0 Å². The third kappa shape index (κ3) is 4.22. The normalized spacial score (nSPS) is 12.7. The molecule has 0 saturated carbocycles. The maximum atomic E-state index is 11.6. The molecule has 1 heterocycles. The number of carbonyl (C=O) groups excluding carboxylic acids is 1. The summed E-state index contributed by atoms with van der Waals surface area (Å²) in [6, 6.07) is 0. The van der Waals surface area contributed by atoms with E-state index in [1.807, 2.05) is 6.92 Å². The number of hydrogen-bond donors (Lipinski definition) is 1. The van der Waals surface area contributed by atoms with Crippen molar-refractivity contribution >= 4 is 17.7 Å². The van der Waals surface area contributed by atoms with Crippen molar-refractivity contribution in [1.82, 2.24) is 9.97 Å². The molecule has 1 aromatic heterocycles. The molecular weight excluding hydrogens is 268 g/mol. The van der Waals surface area contributed by atoms with Gasteiger partial charge in [0.15, 0.2) is 17.1 Å². The highest BCUT2D eigenvalue weighted by Crippen LogP contribution is 2.25. The Balaban J connectivity index is 2.75. The molecule has 7 heteroatoms. The molecule has 19 heavy (non-hydrogen) atoms. The highest BCUT2D eigenvalue weighted by Gasteiger charge is 2.21. The fraction of sp³-hybridized carbons (Fsp3) is 0.667. The van der Waals surface area contributed by atoms with Gasteiger partial charge in [-0.1, -0.05) is 11.8 Å². The second kappa shape index (κ2) is 7.52. The summed E-state index contributed by atoms with van der Waals surface area (Å²) < 4.78 is 15.3.